The normalized spacial score (nSPS) is 13.2. The van der Waals surface area contributed by atoms with Crippen molar-refractivity contribution in [3.8, 4) is 0 Å². The van der Waals surface area contributed by atoms with Gasteiger partial charge in [-0.25, -0.2) is 17.6 Å². The van der Waals surface area contributed by atoms with Gasteiger partial charge in [-0.05, 0) is 94.6 Å². The van der Waals surface area contributed by atoms with Crippen molar-refractivity contribution in [2.75, 3.05) is 0 Å². The van der Waals surface area contributed by atoms with Gasteiger partial charge in [0.25, 0.3) is 0 Å². The molecule has 0 amide bonds. The van der Waals surface area contributed by atoms with E-state index in [1.165, 1.54) is 48.5 Å². The third-order valence-electron chi connectivity index (χ3n) is 6.80. The Labute approximate surface area is 210 Å². The van der Waals surface area contributed by atoms with E-state index in [2.05, 4.69) is 6.92 Å². The van der Waals surface area contributed by atoms with Crippen LogP contribution in [0.2, 0.25) is 0 Å². The smallest absolute Gasteiger partial charge is 0.123 e. The summed E-state index contributed by atoms with van der Waals surface area (Å²) >= 11 is 0. The second-order valence-corrected chi connectivity index (χ2v) is 9.93. The van der Waals surface area contributed by atoms with E-state index in [1.807, 2.05) is 26.0 Å². The second-order valence-electron chi connectivity index (χ2n) is 9.93. The minimum absolute atomic E-state index is 0.00208. The molecule has 0 bridgehead atoms. The summed E-state index contributed by atoms with van der Waals surface area (Å²) in [6, 6.07) is 24.2. The van der Waals surface area contributed by atoms with Crippen molar-refractivity contribution >= 4 is 0 Å². The second kappa shape index (κ2) is 11.1. The minimum Gasteiger partial charge on any atom is -0.207 e. The van der Waals surface area contributed by atoms with Crippen molar-refractivity contribution in [3.63, 3.8) is 0 Å². The van der Waals surface area contributed by atoms with Crippen molar-refractivity contribution in [2.24, 2.45) is 11.8 Å². The molecule has 4 aromatic carbocycles. The predicted molar refractivity (Wildman–Crippen MR) is 137 cm³/mol. The van der Waals surface area contributed by atoms with E-state index >= 15 is 0 Å². The number of hydrogen-bond acceptors (Lipinski definition) is 0. The van der Waals surface area contributed by atoms with Crippen molar-refractivity contribution in [1.82, 2.24) is 0 Å². The minimum atomic E-state index is -0.336. The largest absolute Gasteiger partial charge is 0.207 e. The third kappa shape index (κ3) is 6.04. The number of hydrogen-bond donors (Lipinski definition) is 0. The maximum absolute atomic E-state index is 14.9. The molecule has 4 rings (SSSR count). The zero-order valence-corrected chi connectivity index (χ0v) is 20.7. The highest BCUT2D eigenvalue weighted by Gasteiger charge is 2.24. The van der Waals surface area contributed by atoms with E-state index < -0.39 is 0 Å². The molecular formula is C32H30F4. The molecule has 0 aliphatic carbocycles. The summed E-state index contributed by atoms with van der Waals surface area (Å²) in [5.74, 6) is -1.46. The zero-order valence-electron chi connectivity index (χ0n) is 20.7. The fourth-order valence-electron chi connectivity index (χ4n) is 5.31. The molecule has 0 nitrogen and oxygen atoms in total. The number of rotatable bonds is 8. The lowest BCUT2D eigenvalue weighted by Gasteiger charge is -2.27. The van der Waals surface area contributed by atoms with Crippen LogP contribution in [0.15, 0.2) is 91.0 Å². The quantitative estimate of drug-likeness (QED) is 0.216. The first-order valence-corrected chi connectivity index (χ1v) is 12.3. The first kappa shape index (κ1) is 25.7. The molecule has 4 heteroatoms. The van der Waals surface area contributed by atoms with Crippen LogP contribution in [0.3, 0.4) is 0 Å². The Hall–Kier alpha value is -3.40. The summed E-state index contributed by atoms with van der Waals surface area (Å²) < 4.78 is 56.1. The number of benzene rings is 4. The van der Waals surface area contributed by atoms with Gasteiger partial charge < -0.3 is 0 Å². The van der Waals surface area contributed by atoms with E-state index in [0.29, 0.717) is 6.42 Å². The van der Waals surface area contributed by atoms with Gasteiger partial charge in [0.05, 0.1) is 0 Å². The summed E-state index contributed by atoms with van der Waals surface area (Å²) in [6.45, 7) is 6.15. The lowest BCUT2D eigenvalue weighted by atomic mass is 9.77. The fraction of sp³-hybridized carbons (Fsp3) is 0.250. The van der Waals surface area contributed by atoms with Gasteiger partial charge >= 0.3 is 0 Å². The van der Waals surface area contributed by atoms with Gasteiger partial charge in [-0.2, -0.15) is 0 Å². The summed E-state index contributed by atoms with van der Waals surface area (Å²) in [7, 11) is 0. The van der Waals surface area contributed by atoms with E-state index in [0.717, 1.165) is 27.8 Å². The molecule has 2 unspecified atom stereocenters. The van der Waals surface area contributed by atoms with Crippen molar-refractivity contribution in [1.29, 1.82) is 0 Å². The van der Waals surface area contributed by atoms with Gasteiger partial charge in [-0.15, -0.1) is 0 Å². The molecule has 0 spiro atoms. The van der Waals surface area contributed by atoms with Crippen LogP contribution < -0.4 is 0 Å². The first-order valence-electron chi connectivity index (χ1n) is 12.3. The average Bonchev–Trinajstić information content (AvgIpc) is 2.81. The molecule has 36 heavy (non-hydrogen) atoms. The van der Waals surface area contributed by atoms with E-state index in [1.54, 1.807) is 30.3 Å². The highest BCUT2D eigenvalue weighted by molar-refractivity contribution is 5.38. The summed E-state index contributed by atoms with van der Waals surface area (Å²) in [5, 5.41) is 0. The SMILES string of the molecule is CC(C)C(c1cccc(F)c1)c1cc(F)cc(CC(C)C(c2ccc(F)cc2)c2ccc(F)cc2)c1. The van der Waals surface area contributed by atoms with Gasteiger partial charge in [0, 0.05) is 11.8 Å². The molecule has 0 aliphatic rings. The third-order valence-corrected chi connectivity index (χ3v) is 6.80. The van der Waals surface area contributed by atoms with Crippen molar-refractivity contribution in [3.05, 3.63) is 142 Å². The summed E-state index contributed by atoms with van der Waals surface area (Å²) in [6.07, 6.45) is 0.554. The van der Waals surface area contributed by atoms with Crippen LogP contribution in [0, 0.1) is 35.1 Å². The topological polar surface area (TPSA) is 0 Å². The van der Waals surface area contributed by atoms with Crippen LogP contribution in [-0.4, -0.2) is 0 Å². The molecule has 0 saturated carbocycles. The lowest BCUT2D eigenvalue weighted by molar-refractivity contribution is 0.503. The van der Waals surface area contributed by atoms with Crippen LogP contribution in [0.4, 0.5) is 17.6 Å². The number of halogens is 4. The Morgan fingerprint density at radius 3 is 1.58 bits per heavy atom. The van der Waals surface area contributed by atoms with Crippen molar-refractivity contribution < 1.29 is 17.6 Å². The molecule has 186 valence electrons. The molecule has 0 fully saturated rings. The summed E-state index contributed by atoms with van der Waals surface area (Å²) in [5.41, 5.74) is 4.26. The molecule has 0 radical (unpaired) electrons. The van der Waals surface area contributed by atoms with Gasteiger partial charge in [-0.3, -0.25) is 0 Å². The van der Waals surface area contributed by atoms with Gasteiger partial charge in [0.15, 0.2) is 0 Å². The van der Waals surface area contributed by atoms with Crippen LogP contribution in [-0.2, 0) is 6.42 Å². The molecular weight excluding hydrogens is 460 g/mol. The molecule has 0 aliphatic heterocycles. The average molecular weight is 491 g/mol. The van der Waals surface area contributed by atoms with Crippen LogP contribution >= 0.6 is 0 Å². The fourth-order valence-corrected chi connectivity index (χ4v) is 5.31. The lowest BCUT2D eigenvalue weighted by Crippen LogP contribution is -2.15. The molecule has 0 saturated heterocycles. The Morgan fingerprint density at radius 2 is 1.06 bits per heavy atom. The van der Waals surface area contributed by atoms with Gasteiger partial charge in [-0.1, -0.05) is 63.2 Å². The van der Waals surface area contributed by atoms with Crippen LogP contribution in [0.25, 0.3) is 0 Å². The maximum atomic E-state index is 14.9. The molecule has 0 heterocycles. The van der Waals surface area contributed by atoms with Crippen LogP contribution in [0.5, 0.6) is 0 Å². The van der Waals surface area contributed by atoms with E-state index in [-0.39, 0.29) is 46.9 Å². The Balaban J connectivity index is 1.69. The van der Waals surface area contributed by atoms with E-state index in [4.69, 9.17) is 0 Å². The predicted octanol–water partition coefficient (Wildman–Crippen LogP) is 9.04. The van der Waals surface area contributed by atoms with E-state index in [9.17, 15) is 17.6 Å². The first-order chi connectivity index (χ1) is 17.2. The molecule has 0 N–H and O–H groups in total. The standard InChI is InChI=1S/C32H30F4/c1-20(2)31(25-5-4-6-29(35)18-25)26-16-22(17-30(36)19-26)15-21(3)32(23-7-11-27(33)12-8-23)24-9-13-28(34)14-10-24/h4-14,16-21,31-32H,15H2,1-3H3. The maximum Gasteiger partial charge on any atom is 0.123 e. The molecule has 0 aromatic heterocycles. The Morgan fingerprint density at radius 1 is 0.500 bits per heavy atom. The monoisotopic (exact) mass is 490 g/mol. The highest BCUT2D eigenvalue weighted by atomic mass is 19.1. The van der Waals surface area contributed by atoms with Gasteiger partial charge in [0.1, 0.15) is 23.3 Å². The zero-order chi connectivity index (χ0) is 25.8. The Bertz CT molecular complexity index is 1250. The molecule has 2 atom stereocenters. The Kier molecular flexibility index (Phi) is 7.93. The van der Waals surface area contributed by atoms with Crippen LogP contribution in [0.1, 0.15) is 60.4 Å². The van der Waals surface area contributed by atoms with Gasteiger partial charge in [0.2, 0.25) is 0 Å². The van der Waals surface area contributed by atoms with Crippen molar-refractivity contribution in [2.45, 2.75) is 39.0 Å². The summed E-state index contributed by atoms with van der Waals surface area (Å²) in [4.78, 5) is 0. The highest BCUT2D eigenvalue weighted by Crippen LogP contribution is 2.37. The molecule has 4 aromatic rings.